The lowest BCUT2D eigenvalue weighted by atomic mass is 10.1. The largest absolute Gasteiger partial charge is 0.437 e. The van der Waals surface area contributed by atoms with Crippen LogP contribution >= 0.6 is 0 Å². The zero-order valence-corrected chi connectivity index (χ0v) is 15.3. The van der Waals surface area contributed by atoms with Gasteiger partial charge < -0.3 is 9.64 Å². The Balaban J connectivity index is 2.35. The van der Waals surface area contributed by atoms with E-state index in [1.165, 1.54) is 0 Å². The minimum absolute atomic E-state index is 0.0133. The summed E-state index contributed by atoms with van der Waals surface area (Å²) in [5, 5.41) is 0. The number of ether oxygens (including phenoxy) is 1. The SMILES string of the molecule is [2H]C(/C=C/c1ccccc1)(OC(=O)N(C(C)C)C(C)C)c1ccccc1. The van der Waals surface area contributed by atoms with Crippen LogP contribution in [0, 0.1) is 0 Å². The van der Waals surface area contributed by atoms with E-state index in [4.69, 9.17) is 6.11 Å². The summed E-state index contributed by atoms with van der Waals surface area (Å²) >= 11 is 0. The first kappa shape index (κ1) is 17.3. The van der Waals surface area contributed by atoms with Crippen LogP contribution in [0.3, 0.4) is 0 Å². The molecule has 3 heteroatoms. The highest BCUT2D eigenvalue weighted by atomic mass is 16.6. The third-order valence-electron chi connectivity index (χ3n) is 3.81. The third-order valence-corrected chi connectivity index (χ3v) is 3.81. The molecule has 0 aliphatic carbocycles. The predicted molar refractivity (Wildman–Crippen MR) is 103 cm³/mol. The lowest BCUT2D eigenvalue weighted by Gasteiger charge is -2.31. The van der Waals surface area contributed by atoms with Crippen LogP contribution in [0.2, 0.25) is 0 Å². The van der Waals surface area contributed by atoms with Crippen LogP contribution in [0.1, 0.15) is 46.3 Å². The Morgan fingerprint density at radius 3 is 2.00 bits per heavy atom. The van der Waals surface area contributed by atoms with Crippen LogP contribution in [-0.4, -0.2) is 23.1 Å². The Hall–Kier alpha value is -2.55. The molecule has 2 aromatic carbocycles. The number of carbonyl (C=O) groups excluding carboxylic acids is 1. The molecule has 1 atom stereocenters. The average Bonchev–Trinajstić information content (AvgIpc) is 2.61. The smallest absolute Gasteiger partial charge is 0.411 e. The van der Waals surface area contributed by atoms with E-state index in [1.807, 2.05) is 82.3 Å². The van der Waals surface area contributed by atoms with Crippen LogP contribution in [-0.2, 0) is 4.74 Å². The molecule has 1 unspecified atom stereocenters. The summed E-state index contributed by atoms with van der Waals surface area (Å²) in [6.07, 6.45) is 1.33. The van der Waals surface area contributed by atoms with E-state index in [9.17, 15) is 4.79 Å². The monoisotopic (exact) mass is 338 g/mol. The van der Waals surface area contributed by atoms with Crippen LogP contribution in [0.15, 0.2) is 66.7 Å². The lowest BCUT2D eigenvalue weighted by Crippen LogP contribution is -2.42. The van der Waals surface area contributed by atoms with E-state index >= 15 is 0 Å². The minimum atomic E-state index is -1.60. The molecule has 0 aliphatic heterocycles. The molecular weight excluding hydrogens is 310 g/mol. The van der Waals surface area contributed by atoms with Crippen molar-refractivity contribution in [3.63, 3.8) is 0 Å². The molecule has 0 saturated heterocycles. The highest BCUT2D eigenvalue weighted by Gasteiger charge is 2.24. The first-order valence-electron chi connectivity index (χ1n) is 9.14. The molecule has 0 fully saturated rings. The standard InChI is InChI=1S/C22H27NO2/c1-17(2)23(18(3)4)22(24)25-21(20-13-9-6-10-14-20)16-15-19-11-7-5-8-12-19/h5-18,21H,1-4H3/b16-15+/i21D. The zero-order chi connectivity index (χ0) is 19.2. The summed E-state index contributed by atoms with van der Waals surface area (Å²) in [7, 11) is 0. The van der Waals surface area contributed by atoms with Gasteiger partial charge in [0.25, 0.3) is 0 Å². The molecule has 0 radical (unpaired) electrons. The van der Waals surface area contributed by atoms with Crippen molar-refractivity contribution in [3.8, 4) is 0 Å². The number of nitrogens with zero attached hydrogens (tertiary/aromatic N) is 1. The Labute approximate surface area is 152 Å². The van der Waals surface area contributed by atoms with Gasteiger partial charge in [-0.3, -0.25) is 0 Å². The van der Waals surface area contributed by atoms with Crippen LogP contribution < -0.4 is 0 Å². The van der Waals surface area contributed by atoms with Gasteiger partial charge in [0.1, 0.15) is 6.08 Å². The summed E-state index contributed by atoms with van der Waals surface area (Å²) in [4.78, 5) is 14.4. The van der Waals surface area contributed by atoms with Gasteiger partial charge in [-0.25, -0.2) is 4.79 Å². The van der Waals surface area contributed by atoms with E-state index in [0.29, 0.717) is 5.56 Å². The lowest BCUT2D eigenvalue weighted by molar-refractivity contribution is 0.0602. The molecule has 0 bridgehead atoms. The summed E-state index contributed by atoms with van der Waals surface area (Å²) in [5.74, 6) is 0. The number of hydrogen-bond acceptors (Lipinski definition) is 2. The topological polar surface area (TPSA) is 29.5 Å². The molecule has 0 spiro atoms. The second-order valence-corrected chi connectivity index (χ2v) is 6.44. The normalized spacial score (nSPS) is 14.4. The van der Waals surface area contributed by atoms with Crippen molar-refractivity contribution < 1.29 is 10.9 Å². The van der Waals surface area contributed by atoms with Gasteiger partial charge in [0.05, 0.1) is 1.37 Å². The average molecular weight is 338 g/mol. The molecule has 2 rings (SSSR count). The third kappa shape index (κ3) is 5.49. The van der Waals surface area contributed by atoms with Gasteiger partial charge in [-0.05, 0) is 44.9 Å². The van der Waals surface area contributed by atoms with Crippen molar-refractivity contribution in [1.29, 1.82) is 0 Å². The van der Waals surface area contributed by atoms with E-state index in [2.05, 4.69) is 0 Å². The Morgan fingerprint density at radius 1 is 0.960 bits per heavy atom. The van der Waals surface area contributed by atoms with E-state index in [0.717, 1.165) is 5.56 Å². The molecule has 2 aromatic rings. The summed E-state index contributed by atoms with van der Waals surface area (Å²) in [5.41, 5.74) is 1.55. The van der Waals surface area contributed by atoms with Gasteiger partial charge in [-0.15, -0.1) is 0 Å². The number of carbonyl (C=O) groups is 1. The van der Waals surface area contributed by atoms with E-state index in [-0.39, 0.29) is 12.1 Å². The first-order valence-corrected chi connectivity index (χ1v) is 8.64. The number of hydrogen-bond donors (Lipinski definition) is 0. The van der Waals surface area contributed by atoms with Crippen LogP contribution in [0.25, 0.3) is 6.08 Å². The molecule has 25 heavy (non-hydrogen) atoms. The van der Waals surface area contributed by atoms with E-state index in [1.54, 1.807) is 23.1 Å². The van der Waals surface area contributed by atoms with Crippen molar-refractivity contribution in [2.24, 2.45) is 0 Å². The molecule has 3 nitrogen and oxygen atoms in total. The molecule has 0 aliphatic rings. The summed E-state index contributed by atoms with van der Waals surface area (Å²) in [6, 6.07) is 18.8. The van der Waals surface area contributed by atoms with Crippen LogP contribution in [0.4, 0.5) is 4.79 Å². The minimum Gasteiger partial charge on any atom is -0.437 e. The van der Waals surface area contributed by atoms with Gasteiger partial charge in [0, 0.05) is 12.1 Å². The van der Waals surface area contributed by atoms with Crippen molar-refractivity contribution in [1.82, 2.24) is 4.90 Å². The zero-order valence-electron chi connectivity index (χ0n) is 16.3. The maximum absolute atomic E-state index is 12.8. The molecular formula is C22H27NO2. The van der Waals surface area contributed by atoms with E-state index < -0.39 is 12.2 Å². The maximum Gasteiger partial charge on any atom is 0.411 e. The molecule has 0 aromatic heterocycles. The van der Waals surface area contributed by atoms with Gasteiger partial charge in [-0.1, -0.05) is 66.7 Å². The predicted octanol–water partition coefficient (Wildman–Crippen LogP) is 5.70. The Kier molecular flexibility index (Phi) is 6.27. The highest BCUT2D eigenvalue weighted by molar-refractivity contribution is 5.69. The number of benzene rings is 2. The second kappa shape index (κ2) is 9.07. The second-order valence-electron chi connectivity index (χ2n) is 6.44. The summed E-state index contributed by atoms with van der Waals surface area (Å²) in [6.45, 7) is 7.76. The molecule has 0 heterocycles. The van der Waals surface area contributed by atoms with Gasteiger partial charge in [0.2, 0.25) is 0 Å². The van der Waals surface area contributed by atoms with Crippen molar-refractivity contribution in [3.05, 3.63) is 77.9 Å². The Morgan fingerprint density at radius 2 is 1.48 bits per heavy atom. The van der Waals surface area contributed by atoms with Gasteiger partial charge in [0.15, 0.2) is 0 Å². The molecule has 1 amide bonds. The Bertz CT molecular complexity index is 720. The molecule has 0 saturated carbocycles. The fraction of sp³-hybridized carbons (Fsp3) is 0.318. The number of amides is 1. The van der Waals surface area contributed by atoms with Crippen molar-refractivity contribution in [2.45, 2.75) is 45.9 Å². The number of rotatable bonds is 6. The van der Waals surface area contributed by atoms with Gasteiger partial charge >= 0.3 is 6.09 Å². The van der Waals surface area contributed by atoms with Crippen molar-refractivity contribution >= 4 is 12.2 Å². The maximum atomic E-state index is 12.8. The van der Waals surface area contributed by atoms with Crippen LogP contribution in [0.5, 0.6) is 0 Å². The molecule has 0 N–H and O–H groups in total. The first-order chi connectivity index (χ1) is 12.3. The fourth-order valence-electron chi connectivity index (χ4n) is 2.69. The van der Waals surface area contributed by atoms with Gasteiger partial charge in [-0.2, -0.15) is 0 Å². The highest BCUT2D eigenvalue weighted by Crippen LogP contribution is 2.22. The fourth-order valence-corrected chi connectivity index (χ4v) is 2.69. The van der Waals surface area contributed by atoms with Crippen molar-refractivity contribution in [2.75, 3.05) is 0 Å². The summed E-state index contributed by atoms with van der Waals surface area (Å²) < 4.78 is 14.6. The quantitative estimate of drug-likeness (QED) is 0.676. The molecule has 132 valence electrons.